The van der Waals surface area contributed by atoms with Crippen molar-refractivity contribution in [2.75, 3.05) is 0 Å². The fourth-order valence-electron chi connectivity index (χ4n) is 0.895. The summed E-state index contributed by atoms with van der Waals surface area (Å²) in [6, 6.07) is 2.67. The quantitative estimate of drug-likeness (QED) is 0.618. The van der Waals surface area contributed by atoms with Gasteiger partial charge in [-0.15, -0.1) is 11.3 Å². The van der Waals surface area contributed by atoms with Gasteiger partial charge >= 0.3 is 0 Å². The number of nitrogens with zero attached hydrogens (tertiary/aromatic N) is 1. The lowest BCUT2D eigenvalue weighted by atomic mass is 10.3. The Labute approximate surface area is 71.4 Å². The maximum absolute atomic E-state index is 12.7. The minimum atomic E-state index is -0.339. The Hall–Kier alpha value is -0.670. The number of halogens is 2. The van der Waals surface area contributed by atoms with Gasteiger partial charge in [-0.3, -0.25) is 0 Å². The van der Waals surface area contributed by atoms with E-state index in [1.165, 1.54) is 23.5 Å². The van der Waals surface area contributed by atoms with Crippen molar-refractivity contribution in [1.82, 2.24) is 4.98 Å². The van der Waals surface area contributed by atoms with Crippen molar-refractivity contribution >= 4 is 33.2 Å². The molecule has 0 saturated heterocycles. The zero-order valence-corrected chi connectivity index (χ0v) is 6.92. The Morgan fingerprint density at radius 1 is 1.45 bits per heavy atom. The molecule has 0 amide bonds. The van der Waals surface area contributed by atoms with Crippen molar-refractivity contribution < 1.29 is 4.39 Å². The van der Waals surface area contributed by atoms with Crippen LogP contribution in [0.25, 0.3) is 10.2 Å². The monoisotopic (exact) mass is 187 g/mol. The molecule has 0 spiro atoms. The Balaban J connectivity index is 2.91. The highest BCUT2D eigenvalue weighted by molar-refractivity contribution is 7.17. The van der Waals surface area contributed by atoms with E-state index in [1.807, 2.05) is 0 Å². The molecule has 0 aliphatic rings. The van der Waals surface area contributed by atoms with Gasteiger partial charge < -0.3 is 0 Å². The number of hydrogen-bond acceptors (Lipinski definition) is 2. The summed E-state index contributed by atoms with van der Waals surface area (Å²) in [6.45, 7) is 0. The Morgan fingerprint density at radius 2 is 2.27 bits per heavy atom. The molecule has 0 bridgehead atoms. The van der Waals surface area contributed by atoms with Crippen LogP contribution in [0.5, 0.6) is 0 Å². The van der Waals surface area contributed by atoms with Crippen molar-refractivity contribution in [3.63, 3.8) is 0 Å². The molecular formula is C7H3ClFNS. The number of rotatable bonds is 0. The second-order valence-corrected chi connectivity index (χ2v) is 3.35. The summed E-state index contributed by atoms with van der Waals surface area (Å²) in [5.41, 5.74) is 2.27. The molecular weight excluding hydrogens is 185 g/mol. The van der Waals surface area contributed by atoms with Gasteiger partial charge in [-0.25, -0.2) is 9.37 Å². The molecule has 1 aromatic carbocycles. The van der Waals surface area contributed by atoms with Crippen LogP contribution in [0.1, 0.15) is 0 Å². The van der Waals surface area contributed by atoms with Gasteiger partial charge in [-0.1, -0.05) is 11.6 Å². The van der Waals surface area contributed by atoms with E-state index in [1.54, 1.807) is 5.51 Å². The standard InChI is InChI=1S/C7H3ClFNS/c8-5-1-4(9)2-6-7(5)11-3-10-6/h1-3H. The summed E-state index contributed by atoms with van der Waals surface area (Å²) in [5.74, 6) is -0.339. The minimum Gasteiger partial charge on any atom is -0.244 e. The lowest BCUT2D eigenvalue weighted by Crippen LogP contribution is -1.74. The van der Waals surface area contributed by atoms with Crippen LogP contribution in [0, 0.1) is 5.82 Å². The van der Waals surface area contributed by atoms with Gasteiger partial charge in [0.15, 0.2) is 0 Å². The number of benzene rings is 1. The molecule has 11 heavy (non-hydrogen) atoms. The van der Waals surface area contributed by atoms with E-state index in [4.69, 9.17) is 11.6 Å². The maximum Gasteiger partial charge on any atom is 0.126 e. The highest BCUT2D eigenvalue weighted by atomic mass is 35.5. The van der Waals surface area contributed by atoms with Gasteiger partial charge in [-0.2, -0.15) is 0 Å². The Bertz CT molecular complexity index is 398. The zero-order valence-electron chi connectivity index (χ0n) is 5.34. The van der Waals surface area contributed by atoms with Crippen LogP contribution in [0.15, 0.2) is 17.6 Å². The van der Waals surface area contributed by atoms with Crippen molar-refractivity contribution in [1.29, 1.82) is 0 Å². The van der Waals surface area contributed by atoms with Gasteiger partial charge in [0.2, 0.25) is 0 Å². The zero-order chi connectivity index (χ0) is 7.84. The third-order valence-electron chi connectivity index (χ3n) is 1.35. The summed E-state index contributed by atoms with van der Waals surface area (Å²) >= 11 is 7.15. The molecule has 0 saturated carbocycles. The molecule has 56 valence electrons. The first-order valence-electron chi connectivity index (χ1n) is 2.95. The molecule has 0 unspecified atom stereocenters. The van der Waals surface area contributed by atoms with Crippen molar-refractivity contribution in [3.05, 3.63) is 28.5 Å². The van der Waals surface area contributed by atoms with Gasteiger partial charge in [0.05, 0.1) is 20.7 Å². The van der Waals surface area contributed by atoms with Gasteiger partial charge in [0.25, 0.3) is 0 Å². The number of hydrogen-bond donors (Lipinski definition) is 0. The molecule has 2 rings (SSSR count). The van der Waals surface area contributed by atoms with Gasteiger partial charge in [0.1, 0.15) is 5.82 Å². The molecule has 1 heterocycles. The average molecular weight is 188 g/mol. The molecule has 0 N–H and O–H groups in total. The highest BCUT2D eigenvalue weighted by Crippen LogP contribution is 2.27. The molecule has 4 heteroatoms. The van der Waals surface area contributed by atoms with Crippen LogP contribution in [-0.2, 0) is 0 Å². The Kier molecular flexibility index (Phi) is 1.55. The third-order valence-corrected chi connectivity index (χ3v) is 2.64. The van der Waals surface area contributed by atoms with Crippen LogP contribution in [0.4, 0.5) is 4.39 Å². The summed E-state index contributed by atoms with van der Waals surface area (Å²) in [7, 11) is 0. The van der Waals surface area contributed by atoms with E-state index in [-0.39, 0.29) is 5.82 Å². The summed E-state index contributed by atoms with van der Waals surface area (Å²) < 4.78 is 13.5. The van der Waals surface area contributed by atoms with E-state index >= 15 is 0 Å². The first kappa shape index (κ1) is 7.00. The van der Waals surface area contributed by atoms with E-state index in [9.17, 15) is 4.39 Å². The van der Waals surface area contributed by atoms with E-state index < -0.39 is 0 Å². The van der Waals surface area contributed by atoms with Crippen LogP contribution in [0.2, 0.25) is 5.02 Å². The summed E-state index contributed by atoms with van der Waals surface area (Å²) in [5, 5.41) is 0.433. The molecule has 0 aliphatic heterocycles. The lowest BCUT2D eigenvalue weighted by molar-refractivity contribution is 0.629. The van der Waals surface area contributed by atoms with Crippen molar-refractivity contribution in [2.24, 2.45) is 0 Å². The lowest BCUT2D eigenvalue weighted by Gasteiger charge is -1.91. The van der Waals surface area contributed by atoms with Gasteiger partial charge in [-0.05, 0) is 6.07 Å². The summed E-state index contributed by atoms with van der Waals surface area (Å²) in [4.78, 5) is 3.93. The van der Waals surface area contributed by atoms with E-state index in [0.717, 1.165) is 4.70 Å². The molecule has 2 aromatic rings. The summed E-state index contributed by atoms with van der Waals surface area (Å²) in [6.07, 6.45) is 0. The predicted molar refractivity (Wildman–Crippen MR) is 44.6 cm³/mol. The fourth-order valence-corrected chi connectivity index (χ4v) is 1.91. The maximum atomic E-state index is 12.7. The van der Waals surface area contributed by atoms with Crippen LogP contribution >= 0.6 is 22.9 Å². The normalized spacial score (nSPS) is 10.7. The predicted octanol–water partition coefficient (Wildman–Crippen LogP) is 3.09. The number of fused-ring (bicyclic) bond motifs is 1. The third kappa shape index (κ3) is 1.10. The molecule has 0 radical (unpaired) electrons. The highest BCUT2D eigenvalue weighted by Gasteiger charge is 2.03. The van der Waals surface area contributed by atoms with Gasteiger partial charge in [0, 0.05) is 6.07 Å². The second-order valence-electron chi connectivity index (χ2n) is 2.09. The molecule has 1 nitrogen and oxygen atoms in total. The van der Waals surface area contributed by atoms with Crippen LogP contribution < -0.4 is 0 Å². The average Bonchev–Trinajstić information content (AvgIpc) is 2.34. The number of aromatic nitrogens is 1. The first-order valence-corrected chi connectivity index (χ1v) is 4.21. The first-order chi connectivity index (χ1) is 5.27. The molecule has 0 atom stereocenters. The molecule has 1 aromatic heterocycles. The molecule has 0 fully saturated rings. The second kappa shape index (κ2) is 2.43. The van der Waals surface area contributed by atoms with Crippen molar-refractivity contribution in [2.45, 2.75) is 0 Å². The largest absolute Gasteiger partial charge is 0.244 e. The number of thiazole rings is 1. The van der Waals surface area contributed by atoms with Crippen LogP contribution in [-0.4, -0.2) is 4.98 Å². The SMILES string of the molecule is Fc1cc(Cl)c2scnc2c1. The fraction of sp³-hybridized carbons (Fsp3) is 0. The molecule has 0 aliphatic carbocycles. The topological polar surface area (TPSA) is 12.9 Å². The smallest absolute Gasteiger partial charge is 0.126 e. The van der Waals surface area contributed by atoms with Crippen LogP contribution in [0.3, 0.4) is 0 Å². The van der Waals surface area contributed by atoms with Crippen molar-refractivity contribution in [3.8, 4) is 0 Å². The minimum absolute atomic E-state index is 0.339. The van der Waals surface area contributed by atoms with E-state index in [2.05, 4.69) is 4.98 Å². The Morgan fingerprint density at radius 3 is 3.09 bits per heavy atom. The van der Waals surface area contributed by atoms with E-state index in [0.29, 0.717) is 10.5 Å².